The van der Waals surface area contributed by atoms with Gasteiger partial charge in [-0.25, -0.2) is 13.1 Å². The Bertz CT molecular complexity index is 628. The molecule has 1 unspecified atom stereocenters. The zero-order chi connectivity index (χ0) is 15.2. The molecule has 3 N–H and O–H groups in total. The molecule has 1 aromatic heterocycles. The van der Waals surface area contributed by atoms with Gasteiger partial charge in [-0.15, -0.1) is 0 Å². The molecule has 0 aliphatic heterocycles. The predicted molar refractivity (Wildman–Crippen MR) is 83.1 cm³/mol. The van der Waals surface area contributed by atoms with Crippen molar-refractivity contribution in [2.45, 2.75) is 62.4 Å². The summed E-state index contributed by atoms with van der Waals surface area (Å²) >= 11 is 0. The van der Waals surface area contributed by atoms with E-state index in [1.807, 2.05) is 0 Å². The van der Waals surface area contributed by atoms with E-state index in [2.05, 4.69) is 17.3 Å². The summed E-state index contributed by atoms with van der Waals surface area (Å²) in [5.74, 6) is 1.34. The number of aromatic nitrogens is 2. The molecule has 0 spiro atoms. The second-order valence-corrected chi connectivity index (χ2v) is 8.44. The molecular weight excluding hydrogens is 288 g/mol. The van der Waals surface area contributed by atoms with Crippen LogP contribution in [-0.2, 0) is 9.84 Å². The highest BCUT2D eigenvalue weighted by atomic mass is 32.2. The van der Waals surface area contributed by atoms with Gasteiger partial charge in [0.2, 0.25) is 0 Å². The zero-order valence-electron chi connectivity index (χ0n) is 12.7. The quantitative estimate of drug-likeness (QED) is 0.870. The van der Waals surface area contributed by atoms with Crippen molar-refractivity contribution in [2.75, 3.05) is 17.3 Å². The first-order valence-electron chi connectivity index (χ1n) is 7.72. The van der Waals surface area contributed by atoms with Gasteiger partial charge in [-0.05, 0) is 38.5 Å². The summed E-state index contributed by atoms with van der Waals surface area (Å²) in [6.07, 6.45) is 7.94. The molecule has 2 saturated carbocycles. The van der Waals surface area contributed by atoms with E-state index >= 15 is 0 Å². The van der Waals surface area contributed by atoms with Crippen LogP contribution in [0.5, 0.6) is 0 Å². The molecule has 1 aromatic rings. The molecule has 118 valence electrons. The topological polar surface area (TPSA) is 90.0 Å². The third-order valence-electron chi connectivity index (χ3n) is 4.64. The number of hydrogen-bond donors (Lipinski definition) is 2. The minimum absolute atomic E-state index is 0.168. The Morgan fingerprint density at radius 3 is 2.43 bits per heavy atom. The number of nitrogens with one attached hydrogen (secondary N) is 1. The summed E-state index contributed by atoms with van der Waals surface area (Å²) in [5, 5.41) is 7.78. The Kier molecular flexibility index (Phi) is 3.63. The van der Waals surface area contributed by atoms with E-state index in [0.29, 0.717) is 11.7 Å². The lowest BCUT2D eigenvalue weighted by atomic mass is 10.2. The maximum atomic E-state index is 12.1. The average molecular weight is 312 g/mol. The van der Waals surface area contributed by atoms with Crippen molar-refractivity contribution < 1.29 is 8.42 Å². The van der Waals surface area contributed by atoms with Crippen molar-refractivity contribution in [1.82, 2.24) is 9.78 Å². The SMILES string of the molecule is CC(Nc1nn(C2CCCC2)c(N)c1S(C)(=O)=O)C1CC1. The molecule has 1 atom stereocenters. The molecule has 0 bridgehead atoms. The fourth-order valence-electron chi connectivity index (χ4n) is 3.25. The highest BCUT2D eigenvalue weighted by Gasteiger charge is 2.32. The Labute approximate surface area is 126 Å². The van der Waals surface area contributed by atoms with Crippen LogP contribution < -0.4 is 11.1 Å². The van der Waals surface area contributed by atoms with Gasteiger partial charge in [0.1, 0.15) is 5.82 Å². The molecule has 7 heteroatoms. The number of nitrogens with zero attached hydrogens (tertiary/aromatic N) is 2. The van der Waals surface area contributed by atoms with Crippen molar-refractivity contribution in [1.29, 1.82) is 0 Å². The lowest BCUT2D eigenvalue weighted by Gasteiger charge is -2.13. The molecule has 1 heterocycles. The average Bonchev–Trinajstić information content (AvgIpc) is 2.99. The lowest BCUT2D eigenvalue weighted by molar-refractivity contribution is 0.473. The van der Waals surface area contributed by atoms with Crippen LogP contribution in [0.4, 0.5) is 11.6 Å². The lowest BCUT2D eigenvalue weighted by Crippen LogP contribution is -2.19. The molecule has 0 amide bonds. The minimum Gasteiger partial charge on any atom is -0.383 e. The summed E-state index contributed by atoms with van der Waals surface area (Å²) in [4.78, 5) is 0.168. The van der Waals surface area contributed by atoms with Crippen molar-refractivity contribution in [3.05, 3.63) is 0 Å². The summed E-state index contributed by atoms with van der Waals surface area (Å²) in [6, 6.07) is 0.467. The van der Waals surface area contributed by atoms with Gasteiger partial charge in [0, 0.05) is 12.3 Å². The molecule has 2 fully saturated rings. The number of nitrogens with two attached hydrogens (primary N) is 1. The molecular formula is C14H24N4O2S. The smallest absolute Gasteiger partial charge is 0.182 e. The van der Waals surface area contributed by atoms with Crippen LogP contribution in [0.25, 0.3) is 0 Å². The largest absolute Gasteiger partial charge is 0.383 e. The van der Waals surface area contributed by atoms with Gasteiger partial charge in [-0.3, -0.25) is 0 Å². The van der Waals surface area contributed by atoms with Gasteiger partial charge in [-0.2, -0.15) is 5.10 Å². The van der Waals surface area contributed by atoms with Gasteiger partial charge >= 0.3 is 0 Å². The van der Waals surface area contributed by atoms with Crippen LogP contribution in [-0.4, -0.2) is 30.5 Å². The third-order valence-corrected chi connectivity index (χ3v) is 5.78. The monoisotopic (exact) mass is 312 g/mol. The Morgan fingerprint density at radius 2 is 1.90 bits per heavy atom. The van der Waals surface area contributed by atoms with Crippen LogP contribution in [0, 0.1) is 5.92 Å². The van der Waals surface area contributed by atoms with Gasteiger partial charge in [-0.1, -0.05) is 12.8 Å². The first-order chi connectivity index (χ1) is 9.88. The van der Waals surface area contributed by atoms with Gasteiger partial charge in [0.25, 0.3) is 0 Å². The molecule has 6 nitrogen and oxygen atoms in total. The van der Waals surface area contributed by atoms with Crippen LogP contribution in [0.2, 0.25) is 0 Å². The van der Waals surface area contributed by atoms with E-state index in [1.54, 1.807) is 4.68 Å². The molecule has 2 aliphatic carbocycles. The van der Waals surface area contributed by atoms with E-state index < -0.39 is 9.84 Å². The molecule has 0 aromatic carbocycles. The Hall–Kier alpha value is -1.24. The minimum atomic E-state index is -3.39. The molecule has 21 heavy (non-hydrogen) atoms. The number of nitrogen functional groups attached to an aromatic ring is 1. The first kappa shape index (κ1) is 14.7. The maximum Gasteiger partial charge on any atom is 0.182 e. The van der Waals surface area contributed by atoms with Gasteiger partial charge < -0.3 is 11.1 Å². The third kappa shape index (κ3) is 2.88. The van der Waals surface area contributed by atoms with Crippen LogP contribution in [0.3, 0.4) is 0 Å². The Balaban J connectivity index is 1.97. The molecule has 3 rings (SSSR count). The molecule has 2 aliphatic rings. The van der Waals surface area contributed by atoms with Crippen LogP contribution >= 0.6 is 0 Å². The van der Waals surface area contributed by atoms with Crippen molar-refractivity contribution in [3.63, 3.8) is 0 Å². The summed E-state index contributed by atoms with van der Waals surface area (Å²) in [7, 11) is -3.39. The highest BCUT2D eigenvalue weighted by molar-refractivity contribution is 7.91. The normalized spacial score (nSPS) is 21.6. The first-order valence-corrected chi connectivity index (χ1v) is 9.61. The zero-order valence-corrected chi connectivity index (χ0v) is 13.5. The van der Waals surface area contributed by atoms with E-state index in [-0.39, 0.29) is 22.8 Å². The number of rotatable bonds is 5. The Morgan fingerprint density at radius 1 is 1.29 bits per heavy atom. The van der Waals surface area contributed by atoms with Crippen LogP contribution in [0.15, 0.2) is 4.90 Å². The molecule has 0 radical (unpaired) electrons. The molecule has 0 saturated heterocycles. The second kappa shape index (κ2) is 5.19. The maximum absolute atomic E-state index is 12.1. The van der Waals surface area contributed by atoms with Crippen molar-refractivity contribution in [2.24, 2.45) is 5.92 Å². The number of hydrogen-bond acceptors (Lipinski definition) is 5. The predicted octanol–water partition coefficient (Wildman–Crippen LogP) is 2.19. The van der Waals surface area contributed by atoms with E-state index in [4.69, 9.17) is 5.73 Å². The second-order valence-electron chi connectivity index (χ2n) is 6.49. The summed E-state index contributed by atoms with van der Waals surface area (Å²) in [6.45, 7) is 2.08. The van der Waals surface area contributed by atoms with Crippen molar-refractivity contribution in [3.8, 4) is 0 Å². The van der Waals surface area contributed by atoms with Crippen molar-refractivity contribution >= 4 is 21.5 Å². The van der Waals surface area contributed by atoms with E-state index in [1.165, 1.54) is 19.1 Å². The number of anilines is 2. The van der Waals surface area contributed by atoms with Gasteiger partial charge in [0.15, 0.2) is 20.6 Å². The standard InChI is InChI=1S/C14H24N4O2S/c1-9(10-7-8-10)16-14-12(21(2,19)20)13(15)18(17-14)11-5-3-4-6-11/h9-11H,3-8,15H2,1-2H3,(H,16,17). The van der Waals surface area contributed by atoms with E-state index in [9.17, 15) is 8.42 Å². The fourth-order valence-corrected chi connectivity index (χ4v) is 4.17. The number of sulfone groups is 1. The highest BCUT2D eigenvalue weighted by Crippen LogP contribution is 2.38. The van der Waals surface area contributed by atoms with Gasteiger partial charge in [0.05, 0.1) is 6.04 Å². The van der Waals surface area contributed by atoms with E-state index in [0.717, 1.165) is 25.7 Å². The summed E-state index contributed by atoms with van der Waals surface area (Å²) in [5.41, 5.74) is 6.12. The van der Waals surface area contributed by atoms with Crippen LogP contribution in [0.1, 0.15) is 51.5 Å². The summed E-state index contributed by atoms with van der Waals surface area (Å²) < 4.78 is 25.9. The fraction of sp³-hybridized carbons (Fsp3) is 0.786.